The summed E-state index contributed by atoms with van der Waals surface area (Å²) < 4.78 is 1.04. The quantitative estimate of drug-likeness (QED) is 0.785. The fourth-order valence-corrected chi connectivity index (χ4v) is 5.43. The number of nitrogens with one attached hydrogen (secondary N) is 1. The van der Waals surface area contributed by atoms with E-state index in [4.69, 9.17) is 4.98 Å². The van der Waals surface area contributed by atoms with Gasteiger partial charge in [-0.3, -0.25) is 0 Å². The summed E-state index contributed by atoms with van der Waals surface area (Å²) in [6.45, 7) is 0. The van der Waals surface area contributed by atoms with Crippen molar-refractivity contribution in [1.82, 2.24) is 15.2 Å². The van der Waals surface area contributed by atoms with E-state index in [1.165, 1.54) is 49.2 Å². The first-order chi connectivity index (χ1) is 10.4. The first-order valence-corrected chi connectivity index (χ1v) is 10.2. The molecule has 4 nitrogen and oxygen atoms in total. The molecule has 2 aliphatic rings. The highest BCUT2D eigenvalue weighted by Crippen LogP contribution is 2.37. The first kappa shape index (κ1) is 14.0. The standard InChI is InChI=1S/C14H18N4S3/c1-2-4-9(3-1)12-15-11(7-19-12)8-20-14-18-17-13(21-14)16-10-5-6-10/h7,9-10H,1-6,8H2,(H,16,17). The van der Waals surface area contributed by atoms with Gasteiger partial charge in [-0.1, -0.05) is 35.9 Å². The number of rotatable bonds is 6. The van der Waals surface area contributed by atoms with E-state index in [0.717, 1.165) is 21.1 Å². The Balaban J connectivity index is 1.32. The van der Waals surface area contributed by atoms with E-state index >= 15 is 0 Å². The Hall–Kier alpha value is -0.660. The average molecular weight is 339 g/mol. The molecule has 4 rings (SSSR count). The summed E-state index contributed by atoms with van der Waals surface area (Å²) >= 11 is 5.24. The molecule has 0 amide bonds. The molecule has 1 N–H and O–H groups in total. The van der Waals surface area contributed by atoms with Crippen LogP contribution >= 0.6 is 34.4 Å². The second-order valence-corrected chi connectivity index (χ2v) is 8.83. The van der Waals surface area contributed by atoms with Crippen LogP contribution in [0.25, 0.3) is 0 Å². The topological polar surface area (TPSA) is 50.7 Å². The number of thiazole rings is 1. The van der Waals surface area contributed by atoms with Gasteiger partial charge in [0, 0.05) is 23.1 Å². The maximum Gasteiger partial charge on any atom is 0.206 e. The summed E-state index contributed by atoms with van der Waals surface area (Å²) in [5.74, 6) is 1.63. The van der Waals surface area contributed by atoms with Crippen molar-refractivity contribution in [1.29, 1.82) is 0 Å². The van der Waals surface area contributed by atoms with Gasteiger partial charge in [-0.25, -0.2) is 4.98 Å². The fraction of sp³-hybridized carbons (Fsp3) is 0.643. The van der Waals surface area contributed by atoms with E-state index in [1.807, 2.05) is 11.3 Å². The van der Waals surface area contributed by atoms with E-state index in [-0.39, 0.29) is 0 Å². The van der Waals surface area contributed by atoms with Crippen molar-refractivity contribution in [2.45, 2.75) is 60.6 Å². The molecule has 2 saturated carbocycles. The molecule has 0 spiro atoms. The molecule has 0 aliphatic heterocycles. The van der Waals surface area contributed by atoms with Gasteiger partial charge in [0.25, 0.3) is 0 Å². The predicted octanol–water partition coefficient (Wildman–Crippen LogP) is 4.52. The highest BCUT2D eigenvalue weighted by molar-refractivity contribution is 8.00. The number of hydrogen-bond acceptors (Lipinski definition) is 7. The van der Waals surface area contributed by atoms with E-state index in [1.54, 1.807) is 23.1 Å². The van der Waals surface area contributed by atoms with Crippen molar-refractivity contribution >= 4 is 39.6 Å². The molecule has 7 heteroatoms. The van der Waals surface area contributed by atoms with Gasteiger partial charge in [-0.15, -0.1) is 21.5 Å². The Morgan fingerprint density at radius 2 is 2.05 bits per heavy atom. The smallest absolute Gasteiger partial charge is 0.206 e. The van der Waals surface area contributed by atoms with Crippen LogP contribution in [0.4, 0.5) is 5.13 Å². The summed E-state index contributed by atoms with van der Waals surface area (Å²) in [6.07, 6.45) is 7.93. The molecule has 2 aromatic heterocycles. The highest BCUT2D eigenvalue weighted by atomic mass is 32.2. The van der Waals surface area contributed by atoms with E-state index in [9.17, 15) is 0 Å². The number of anilines is 1. The van der Waals surface area contributed by atoms with Crippen LogP contribution in [0.5, 0.6) is 0 Å². The first-order valence-electron chi connectivity index (χ1n) is 7.54. The van der Waals surface area contributed by atoms with Crippen LogP contribution in [-0.2, 0) is 5.75 Å². The van der Waals surface area contributed by atoms with E-state index < -0.39 is 0 Å². The monoisotopic (exact) mass is 338 g/mol. The molecule has 2 heterocycles. The minimum atomic E-state index is 0.642. The lowest BCUT2D eigenvalue weighted by Crippen LogP contribution is -1.99. The molecule has 0 radical (unpaired) electrons. The van der Waals surface area contributed by atoms with Gasteiger partial charge in [0.2, 0.25) is 5.13 Å². The second kappa shape index (κ2) is 6.22. The van der Waals surface area contributed by atoms with Gasteiger partial charge in [-0.2, -0.15) is 0 Å². The average Bonchev–Trinajstić information content (AvgIpc) is 2.94. The van der Waals surface area contributed by atoms with Crippen LogP contribution in [0.2, 0.25) is 0 Å². The molecular weight excluding hydrogens is 320 g/mol. The summed E-state index contributed by atoms with van der Waals surface area (Å²) in [5, 5.41) is 16.4. The van der Waals surface area contributed by atoms with Crippen molar-refractivity contribution in [2.75, 3.05) is 5.32 Å². The number of nitrogens with zero attached hydrogens (tertiary/aromatic N) is 3. The van der Waals surface area contributed by atoms with E-state index in [2.05, 4.69) is 20.9 Å². The lowest BCUT2D eigenvalue weighted by atomic mass is 10.1. The second-order valence-electron chi connectivity index (χ2n) is 5.74. The normalized spacial score (nSPS) is 19.2. The molecule has 0 bridgehead atoms. The van der Waals surface area contributed by atoms with Crippen LogP contribution in [0.1, 0.15) is 55.1 Å². The van der Waals surface area contributed by atoms with Crippen LogP contribution in [-0.4, -0.2) is 21.2 Å². The Kier molecular flexibility index (Phi) is 4.14. The predicted molar refractivity (Wildman–Crippen MR) is 89.4 cm³/mol. The summed E-state index contributed by atoms with van der Waals surface area (Å²) in [6, 6.07) is 0.642. The molecular formula is C14H18N4S3. The molecule has 2 aliphatic carbocycles. The minimum absolute atomic E-state index is 0.642. The Bertz CT molecular complexity index is 599. The third-order valence-electron chi connectivity index (χ3n) is 3.93. The number of thioether (sulfide) groups is 1. The molecule has 0 atom stereocenters. The van der Waals surface area contributed by atoms with Gasteiger partial charge in [0.15, 0.2) is 4.34 Å². The number of hydrogen-bond donors (Lipinski definition) is 1. The summed E-state index contributed by atoms with van der Waals surface area (Å²) in [7, 11) is 0. The zero-order valence-corrected chi connectivity index (χ0v) is 14.2. The third kappa shape index (κ3) is 3.57. The summed E-state index contributed by atoms with van der Waals surface area (Å²) in [4.78, 5) is 4.81. The Labute approximate surface area is 136 Å². The molecule has 0 unspecified atom stereocenters. The largest absolute Gasteiger partial charge is 0.357 e. The molecule has 0 aromatic carbocycles. The van der Waals surface area contributed by atoms with E-state index in [0.29, 0.717) is 6.04 Å². The Morgan fingerprint density at radius 1 is 1.19 bits per heavy atom. The van der Waals surface area contributed by atoms with Crippen LogP contribution in [0.3, 0.4) is 0 Å². The molecule has 112 valence electrons. The molecule has 21 heavy (non-hydrogen) atoms. The molecule has 2 aromatic rings. The lowest BCUT2D eigenvalue weighted by molar-refractivity contribution is 0.714. The van der Waals surface area contributed by atoms with Crippen molar-refractivity contribution in [3.05, 3.63) is 16.1 Å². The third-order valence-corrected chi connectivity index (χ3v) is 7.01. The van der Waals surface area contributed by atoms with Crippen molar-refractivity contribution in [3.63, 3.8) is 0 Å². The van der Waals surface area contributed by atoms with Crippen LogP contribution in [0, 0.1) is 0 Å². The van der Waals surface area contributed by atoms with Crippen molar-refractivity contribution < 1.29 is 0 Å². The SMILES string of the molecule is c1sc(C2CCCC2)nc1CSc1nnc(NC2CC2)s1. The van der Waals surface area contributed by atoms with Gasteiger partial charge >= 0.3 is 0 Å². The fourth-order valence-electron chi connectivity index (χ4n) is 2.61. The minimum Gasteiger partial charge on any atom is -0.357 e. The van der Waals surface area contributed by atoms with Crippen molar-refractivity contribution in [3.8, 4) is 0 Å². The zero-order chi connectivity index (χ0) is 14.1. The molecule has 2 fully saturated rings. The van der Waals surface area contributed by atoms with Gasteiger partial charge in [0.05, 0.1) is 10.7 Å². The van der Waals surface area contributed by atoms with Gasteiger partial charge in [0.1, 0.15) is 0 Å². The highest BCUT2D eigenvalue weighted by Gasteiger charge is 2.23. The maximum atomic E-state index is 4.81. The van der Waals surface area contributed by atoms with Crippen LogP contribution < -0.4 is 5.32 Å². The van der Waals surface area contributed by atoms with Crippen LogP contribution in [0.15, 0.2) is 9.72 Å². The molecule has 0 saturated heterocycles. The summed E-state index contributed by atoms with van der Waals surface area (Å²) in [5.41, 5.74) is 1.19. The van der Waals surface area contributed by atoms with Gasteiger partial charge < -0.3 is 5.32 Å². The lowest BCUT2D eigenvalue weighted by Gasteiger charge is -2.02. The maximum absolute atomic E-state index is 4.81. The number of aromatic nitrogens is 3. The zero-order valence-electron chi connectivity index (χ0n) is 11.7. The van der Waals surface area contributed by atoms with Crippen molar-refractivity contribution in [2.24, 2.45) is 0 Å². The van der Waals surface area contributed by atoms with Gasteiger partial charge in [-0.05, 0) is 25.7 Å². The Morgan fingerprint density at radius 3 is 2.86 bits per heavy atom.